The van der Waals surface area contributed by atoms with Crippen molar-refractivity contribution in [1.29, 1.82) is 0 Å². The number of aromatic nitrogens is 1. The number of sulfonamides is 1. The number of hydrogen-bond donors (Lipinski definition) is 1. The summed E-state index contributed by atoms with van der Waals surface area (Å²) in [4.78, 5) is 7.21. The third kappa shape index (κ3) is 5.26. The zero-order valence-corrected chi connectivity index (χ0v) is 16.4. The van der Waals surface area contributed by atoms with E-state index < -0.39 is 10.0 Å². The second-order valence-corrected chi connectivity index (χ2v) is 9.49. The summed E-state index contributed by atoms with van der Waals surface area (Å²) in [6.07, 6.45) is 4.41. The van der Waals surface area contributed by atoms with Crippen LogP contribution in [0.15, 0.2) is 29.6 Å². The molecule has 2 aromatic rings. The smallest absolute Gasteiger partial charge is 0.208 e. The van der Waals surface area contributed by atoms with Crippen LogP contribution in [0.2, 0.25) is 0 Å². The van der Waals surface area contributed by atoms with Gasteiger partial charge in [-0.25, -0.2) is 18.1 Å². The molecule has 1 aliphatic heterocycles. The maximum Gasteiger partial charge on any atom is 0.208 e. The van der Waals surface area contributed by atoms with Gasteiger partial charge in [0.2, 0.25) is 10.0 Å². The van der Waals surface area contributed by atoms with Gasteiger partial charge in [-0.3, -0.25) is 0 Å². The van der Waals surface area contributed by atoms with Crippen LogP contribution < -0.4 is 9.62 Å². The molecule has 136 valence electrons. The number of hydrogen-bond acceptors (Lipinski definition) is 5. The molecule has 1 N–H and O–H groups in total. The Hall–Kier alpha value is -1.44. The lowest BCUT2D eigenvalue weighted by molar-refractivity contribution is 0.446. The quantitative estimate of drug-likeness (QED) is 0.838. The Bertz CT molecular complexity index is 800. The van der Waals surface area contributed by atoms with Crippen LogP contribution in [0.3, 0.4) is 0 Å². The van der Waals surface area contributed by atoms with Gasteiger partial charge in [-0.1, -0.05) is 31.2 Å². The summed E-state index contributed by atoms with van der Waals surface area (Å²) in [6, 6.07) is 8.21. The summed E-state index contributed by atoms with van der Waals surface area (Å²) < 4.78 is 24.7. The van der Waals surface area contributed by atoms with Crippen molar-refractivity contribution >= 4 is 26.5 Å². The first-order chi connectivity index (χ1) is 11.9. The van der Waals surface area contributed by atoms with E-state index >= 15 is 0 Å². The minimum atomic E-state index is -3.12. The monoisotopic (exact) mass is 379 g/mol. The number of thiazole rings is 1. The molecule has 0 unspecified atom stereocenters. The molecule has 25 heavy (non-hydrogen) atoms. The van der Waals surface area contributed by atoms with Crippen LogP contribution >= 0.6 is 11.3 Å². The molecule has 7 heteroatoms. The lowest BCUT2D eigenvalue weighted by Gasteiger charge is -2.30. The average molecular weight is 380 g/mol. The summed E-state index contributed by atoms with van der Waals surface area (Å²) in [6.45, 7) is 4.92. The van der Waals surface area contributed by atoms with Gasteiger partial charge in [0.25, 0.3) is 0 Å². The SMILES string of the molecule is C[C@@H]1CCCN(c2nc(-c3ccc(CCNS(C)(=O)=O)cc3)cs2)C1. The molecular weight excluding hydrogens is 354 g/mol. The Kier molecular flexibility index (Phi) is 5.76. The van der Waals surface area contributed by atoms with Gasteiger partial charge in [-0.05, 0) is 30.7 Å². The Morgan fingerprint density at radius 2 is 2.08 bits per heavy atom. The van der Waals surface area contributed by atoms with Crippen molar-refractivity contribution < 1.29 is 8.42 Å². The molecule has 1 atom stereocenters. The number of nitrogens with one attached hydrogen (secondary N) is 1. The normalized spacial score (nSPS) is 18.5. The number of nitrogens with zero attached hydrogens (tertiary/aromatic N) is 2. The van der Waals surface area contributed by atoms with Crippen LogP contribution in [0.1, 0.15) is 25.3 Å². The first-order valence-corrected chi connectivity index (χ1v) is 11.4. The van der Waals surface area contributed by atoms with Gasteiger partial charge in [-0.15, -0.1) is 11.3 Å². The van der Waals surface area contributed by atoms with Crippen molar-refractivity contribution in [2.75, 3.05) is 30.8 Å². The molecule has 1 aromatic carbocycles. The second-order valence-electron chi connectivity index (χ2n) is 6.82. The molecule has 0 aliphatic carbocycles. The molecule has 0 spiro atoms. The summed E-state index contributed by atoms with van der Waals surface area (Å²) in [5, 5.41) is 3.23. The van der Waals surface area contributed by atoms with E-state index in [2.05, 4.69) is 34.1 Å². The van der Waals surface area contributed by atoms with Gasteiger partial charge in [0, 0.05) is 30.6 Å². The van der Waals surface area contributed by atoms with Crippen molar-refractivity contribution in [1.82, 2.24) is 9.71 Å². The van der Waals surface area contributed by atoms with E-state index in [1.807, 2.05) is 12.1 Å². The highest BCUT2D eigenvalue weighted by molar-refractivity contribution is 7.88. The molecule has 3 rings (SSSR count). The number of anilines is 1. The molecular formula is C18H25N3O2S2. The predicted octanol–water partition coefficient (Wildman–Crippen LogP) is 3.14. The van der Waals surface area contributed by atoms with E-state index in [9.17, 15) is 8.42 Å². The predicted molar refractivity (Wildman–Crippen MR) is 105 cm³/mol. The zero-order chi connectivity index (χ0) is 17.9. The van der Waals surface area contributed by atoms with Crippen molar-refractivity contribution in [2.45, 2.75) is 26.2 Å². The van der Waals surface area contributed by atoms with Crippen LogP contribution in [0.5, 0.6) is 0 Å². The number of benzene rings is 1. The lowest BCUT2D eigenvalue weighted by atomic mass is 10.0. The molecule has 0 saturated carbocycles. The van der Waals surface area contributed by atoms with Gasteiger partial charge >= 0.3 is 0 Å². The molecule has 1 aromatic heterocycles. The topological polar surface area (TPSA) is 62.3 Å². The third-order valence-corrected chi connectivity index (χ3v) is 6.08. The van der Waals surface area contributed by atoms with Crippen LogP contribution in [-0.4, -0.2) is 39.3 Å². The summed E-state index contributed by atoms with van der Waals surface area (Å²) in [5.74, 6) is 0.737. The van der Waals surface area contributed by atoms with E-state index in [4.69, 9.17) is 4.98 Å². The fourth-order valence-corrected chi connectivity index (χ4v) is 4.47. The van der Waals surface area contributed by atoms with Gasteiger partial charge < -0.3 is 4.90 Å². The Morgan fingerprint density at radius 3 is 2.76 bits per heavy atom. The standard InChI is InChI=1S/C18H25N3O2S2/c1-14-4-3-11-21(12-14)18-20-17(13-24-18)16-7-5-15(6-8-16)9-10-19-25(2,22)23/h5-8,13-14,19H,3-4,9-12H2,1-2H3/t14-/m1/s1. The van der Waals surface area contributed by atoms with Crippen molar-refractivity contribution in [2.24, 2.45) is 5.92 Å². The molecule has 0 amide bonds. The highest BCUT2D eigenvalue weighted by Crippen LogP contribution is 2.30. The number of piperidine rings is 1. The molecule has 0 bridgehead atoms. The van der Waals surface area contributed by atoms with E-state index in [0.717, 1.165) is 41.0 Å². The summed E-state index contributed by atoms with van der Waals surface area (Å²) in [7, 11) is -3.12. The van der Waals surface area contributed by atoms with Gasteiger partial charge in [0.15, 0.2) is 5.13 Å². The maximum absolute atomic E-state index is 11.1. The summed E-state index contributed by atoms with van der Waals surface area (Å²) in [5.41, 5.74) is 3.23. The molecule has 2 heterocycles. The minimum absolute atomic E-state index is 0.423. The highest BCUT2D eigenvalue weighted by atomic mass is 32.2. The lowest BCUT2D eigenvalue weighted by Crippen LogP contribution is -2.34. The number of rotatable bonds is 6. The van der Waals surface area contributed by atoms with E-state index in [1.54, 1.807) is 11.3 Å². The molecule has 1 aliphatic rings. The van der Waals surface area contributed by atoms with Crippen LogP contribution in [0.25, 0.3) is 11.3 Å². The fourth-order valence-electron chi connectivity index (χ4n) is 3.13. The first-order valence-electron chi connectivity index (χ1n) is 8.65. The molecule has 1 saturated heterocycles. The van der Waals surface area contributed by atoms with Crippen LogP contribution in [0, 0.1) is 5.92 Å². The van der Waals surface area contributed by atoms with Gasteiger partial charge in [0.05, 0.1) is 11.9 Å². The molecule has 0 radical (unpaired) electrons. The van der Waals surface area contributed by atoms with E-state index in [1.165, 1.54) is 19.1 Å². The first kappa shape index (κ1) is 18.4. The Morgan fingerprint density at radius 1 is 1.32 bits per heavy atom. The Labute approximate surface area is 154 Å². The Balaban J connectivity index is 1.62. The second kappa shape index (κ2) is 7.85. The van der Waals surface area contributed by atoms with E-state index in [0.29, 0.717) is 13.0 Å². The maximum atomic E-state index is 11.1. The van der Waals surface area contributed by atoms with Crippen LogP contribution in [-0.2, 0) is 16.4 Å². The van der Waals surface area contributed by atoms with Crippen molar-refractivity contribution in [3.63, 3.8) is 0 Å². The highest BCUT2D eigenvalue weighted by Gasteiger charge is 2.19. The molecule has 1 fully saturated rings. The van der Waals surface area contributed by atoms with Crippen LogP contribution in [0.4, 0.5) is 5.13 Å². The zero-order valence-electron chi connectivity index (χ0n) is 14.7. The van der Waals surface area contributed by atoms with Crippen molar-refractivity contribution in [3.05, 3.63) is 35.2 Å². The third-order valence-electron chi connectivity index (χ3n) is 4.45. The van der Waals surface area contributed by atoms with E-state index in [-0.39, 0.29) is 0 Å². The minimum Gasteiger partial charge on any atom is -0.348 e. The molecule has 5 nitrogen and oxygen atoms in total. The van der Waals surface area contributed by atoms with Gasteiger partial charge in [0.1, 0.15) is 0 Å². The largest absolute Gasteiger partial charge is 0.348 e. The van der Waals surface area contributed by atoms with Gasteiger partial charge in [-0.2, -0.15) is 0 Å². The average Bonchev–Trinajstić information content (AvgIpc) is 3.04. The fraction of sp³-hybridized carbons (Fsp3) is 0.500. The van der Waals surface area contributed by atoms with Crippen molar-refractivity contribution in [3.8, 4) is 11.3 Å². The summed E-state index contributed by atoms with van der Waals surface area (Å²) >= 11 is 1.71.